The number of amides is 1. The molecule has 0 aliphatic heterocycles. The van der Waals surface area contributed by atoms with Gasteiger partial charge >= 0.3 is 0 Å². The number of carbonyl (C=O) groups excluding carboxylic acids is 1. The fourth-order valence-corrected chi connectivity index (χ4v) is 3.12. The van der Waals surface area contributed by atoms with Gasteiger partial charge in [-0.2, -0.15) is 0 Å². The maximum absolute atomic E-state index is 11.8. The number of nitrogens with one attached hydrogen (secondary N) is 2. The molecule has 3 rings (SSSR count). The van der Waals surface area contributed by atoms with E-state index in [0.717, 1.165) is 28.2 Å². The van der Waals surface area contributed by atoms with Crippen molar-refractivity contribution in [1.82, 2.24) is 10.3 Å². The summed E-state index contributed by atoms with van der Waals surface area (Å²) in [6.07, 6.45) is 2.58. The van der Waals surface area contributed by atoms with Gasteiger partial charge in [0.25, 0.3) is 0 Å². The zero-order valence-corrected chi connectivity index (χ0v) is 15.1. The number of halogens is 2. The second-order valence-electron chi connectivity index (χ2n) is 5.17. The van der Waals surface area contributed by atoms with Gasteiger partial charge in [0.15, 0.2) is 5.13 Å². The lowest BCUT2D eigenvalue weighted by molar-refractivity contribution is -0.115. The summed E-state index contributed by atoms with van der Waals surface area (Å²) < 4.78 is 1.02. The summed E-state index contributed by atoms with van der Waals surface area (Å²) in [7, 11) is 0. The van der Waals surface area contributed by atoms with Crippen molar-refractivity contribution in [3.8, 4) is 11.3 Å². The van der Waals surface area contributed by atoms with Crippen LogP contribution in [0.5, 0.6) is 0 Å². The summed E-state index contributed by atoms with van der Waals surface area (Å²) in [4.78, 5) is 16.3. The predicted octanol–water partition coefficient (Wildman–Crippen LogP) is 3.93. The Labute approximate surface area is 148 Å². The van der Waals surface area contributed by atoms with Gasteiger partial charge < -0.3 is 10.6 Å². The first-order chi connectivity index (χ1) is 10.2. The normalized spacial score (nSPS) is 13.5. The molecule has 7 heteroatoms. The van der Waals surface area contributed by atoms with Gasteiger partial charge in [-0.25, -0.2) is 4.98 Å². The third kappa shape index (κ3) is 5.05. The van der Waals surface area contributed by atoms with Crippen LogP contribution in [0, 0.1) is 5.92 Å². The second-order valence-corrected chi connectivity index (χ2v) is 6.94. The summed E-state index contributed by atoms with van der Waals surface area (Å²) in [6, 6.07) is 7.96. The quantitative estimate of drug-likeness (QED) is 0.769. The molecule has 1 aromatic carbocycles. The van der Waals surface area contributed by atoms with E-state index in [-0.39, 0.29) is 18.3 Å². The van der Waals surface area contributed by atoms with Crippen molar-refractivity contribution in [2.24, 2.45) is 5.92 Å². The highest BCUT2D eigenvalue weighted by molar-refractivity contribution is 9.10. The number of rotatable bonds is 6. The first kappa shape index (κ1) is 17.4. The van der Waals surface area contributed by atoms with E-state index in [1.54, 1.807) is 0 Å². The number of benzene rings is 1. The predicted molar refractivity (Wildman–Crippen MR) is 96.7 cm³/mol. The molecule has 118 valence electrons. The van der Waals surface area contributed by atoms with Gasteiger partial charge in [0.1, 0.15) is 0 Å². The van der Waals surface area contributed by atoms with Crippen LogP contribution in [-0.2, 0) is 4.79 Å². The van der Waals surface area contributed by atoms with Crippen LogP contribution < -0.4 is 10.6 Å². The Morgan fingerprint density at radius 1 is 1.41 bits per heavy atom. The molecule has 0 spiro atoms. The van der Waals surface area contributed by atoms with Crippen molar-refractivity contribution >= 4 is 50.7 Å². The van der Waals surface area contributed by atoms with E-state index in [4.69, 9.17) is 0 Å². The number of hydrogen-bond donors (Lipinski definition) is 2. The third-order valence-electron chi connectivity index (χ3n) is 3.29. The Hall–Kier alpha value is -0.950. The van der Waals surface area contributed by atoms with E-state index >= 15 is 0 Å². The highest BCUT2D eigenvalue weighted by Gasteiger charge is 2.20. The molecule has 0 bridgehead atoms. The first-order valence-corrected chi connectivity index (χ1v) is 8.60. The lowest BCUT2D eigenvalue weighted by atomic mass is 10.2. The zero-order valence-electron chi connectivity index (χ0n) is 11.8. The second kappa shape index (κ2) is 8.06. The lowest BCUT2D eigenvalue weighted by Gasteiger charge is -2.03. The van der Waals surface area contributed by atoms with Gasteiger partial charge in [0.05, 0.1) is 12.2 Å². The Balaban J connectivity index is 0.00000176. The SMILES string of the molecule is Cl.O=C(CNCC1CC1)Nc1nc(-c2cccc(Br)c2)cs1. The fourth-order valence-electron chi connectivity index (χ4n) is 1.99. The van der Waals surface area contributed by atoms with Crippen LogP contribution in [-0.4, -0.2) is 24.0 Å². The molecular formula is C15H17BrClN3OS. The maximum Gasteiger partial charge on any atom is 0.240 e. The summed E-state index contributed by atoms with van der Waals surface area (Å²) in [5.41, 5.74) is 1.91. The zero-order chi connectivity index (χ0) is 14.7. The van der Waals surface area contributed by atoms with Crippen LogP contribution in [0.3, 0.4) is 0 Å². The molecule has 1 aliphatic rings. The van der Waals surface area contributed by atoms with Crippen molar-refractivity contribution in [2.75, 3.05) is 18.4 Å². The van der Waals surface area contributed by atoms with Gasteiger partial charge in [-0.05, 0) is 37.4 Å². The molecule has 2 N–H and O–H groups in total. The Bertz CT molecular complexity index is 645. The number of hydrogen-bond acceptors (Lipinski definition) is 4. The average Bonchev–Trinajstić information content (AvgIpc) is 3.16. The van der Waals surface area contributed by atoms with E-state index in [2.05, 4.69) is 31.5 Å². The van der Waals surface area contributed by atoms with E-state index in [0.29, 0.717) is 11.7 Å². The number of nitrogens with zero attached hydrogens (tertiary/aromatic N) is 1. The summed E-state index contributed by atoms with van der Waals surface area (Å²) in [6.45, 7) is 1.29. The van der Waals surface area contributed by atoms with Crippen LogP contribution in [0.4, 0.5) is 5.13 Å². The van der Waals surface area contributed by atoms with Gasteiger partial charge in [-0.3, -0.25) is 4.79 Å². The van der Waals surface area contributed by atoms with Gasteiger partial charge in [-0.1, -0.05) is 28.1 Å². The fraction of sp³-hybridized carbons (Fsp3) is 0.333. The lowest BCUT2D eigenvalue weighted by Crippen LogP contribution is -2.29. The van der Waals surface area contributed by atoms with E-state index in [1.165, 1.54) is 24.2 Å². The van der Waals surface area contributed by atoms with Gasteiger partial charge in [0.2, 0.25) is 5.91 Å². The summed E-state index contributed by atoms with van der Waals surface area (Å²) >= 11 is 4.89. The smallest absolute Gasteiger partial charge is 0.240 e. The minimum absolute atomic E-state index is 0. The number of anilines is 1. The summed E-state index contributed by atoms with van der Waals surface area (Å²) in [5, 5.41) is 8.60. The largest absolute Gasteiger partial charge is 0.308 e. The molecule has 4 nitrogen and oxygen atoms in total. The van der Waals surface area contributed by atoms with Crippen LogP contribution in [0.15, 0.2) is 34.1 Å². The van der Waals surface area contributed by atoms with E-state index < -0.39 is 0 Å². The van der Waals surface area contributed by atoms with Crippen molar-refractivity contribution in [3.63, 3.8) is 0 Å². The van der Waals surface area contributed by atoms with Crippen LogP contribution in [0.2, 0.25) is 0 Å². The summed E-state index contributed by atoms with van der Waals surface area (Å²) in [5.74, 6) is 0.742. The molecule has 0 unspecified atom stereocenters. The molecule has 1 fully saturated rings. The third-order valence-corrected chi connectivity index (χ3v) is 4.54. The standard InChI is InChI=1S/C15H16BrN3OS.ClH/c16-12-3-1-2-11(6-12)13-9-21-15(18-13)19-14(20)8-17-7-10-4-5-10;/h1-3,6,9-10,17H,4-5,7-8H2,(H,18,19,20);1H. The van der Waals surface area contributed by atoms with Gasteiger partial charge in [0, 0.05) is 15.4 Å². The highest BCUT2D eigenvalue weighted by Crippen LogP contribution is 2.28. The number of carbonyl (C=O) groups is 1. The number of aromatic nitrogens is 1. The first-order valence-electron chi connectivity index (χ1n) is 6.93. The molecule has 1 heterocycles. The molecule has 0 atom stereocenters. The molecule has 1 saturated carbocycles. The highest BCUT2D eigenvalue weighted by atomic mass is 79.9. The Morgan fingerprint density at radius 3 is 2.95 bits per heavy atom. The molecule has 1 aliphatic carbocycles. The molecule has 0 radical (unpaired) electrons. The minimum Gasteiger partial charge on any atom is -0.308 e. The van der Waals surface area contributed by atoms with Crippen molar-refractivity contribution in [2.45, 2.75) is 12.8 Å². The molecule has 1 amide bonds. The van der Waals surface area contributed by atoms with Gasteiger partial charge in [-0.15, -0.1) is 23.7 Å². The molecule has 22 heavy (non-hydrogen) atoms. The minimum atomic E-state index is -0.0363. The van der Waals surface area contributed by atoms with Crippen molar-refractivity contribution < 1.29 is 4.79 Å². The maximum atomic E-state index is 11.8. The topological polar surface area (TPSA) is 54.0 Å². The molecular weight excluding hydrogens is 386 g/mol. The monoisotopic (exact) mass is 401 g/mol. The molecule has 0 saturated heterocycles. The van der Waals surface area contributed by atoms with Crippen LogP contribution in [0.1, 0.15) is 12.8 Å². The average molecular weight is 403 g/mol. The van der Waals surface area contributed by atoms with Crippen LogP contribution >= 0.6 is 39.7 Å². The number of thiazole rings is 1. The molecule has 1 aromatic heterocycles. The Morgan fingerprint density at radius 2 is 2.23 bits per heavy atom. The van der Waals surface area contributed by atoms with Crippen molar-refractivity contribution in [1.29, 1.82) is 0 Å². The molecule has 2 aromatic rings. The van der Waals surface area contributed by atoms with Crippen LogP contribution in [0.25, 0.3) is 11.3 Å². The van der Waals surface area contributed by atoms with E-state index in [1.807, 2.05) is 29.6 Å². The van der Waals surface area contributed by atoms with E-state index in [9.17, 15) is 4.79 Å². The Kier molecular flexibility index (Phi) is 6.37. The van der Waals surface area contributed by atoms with Crippen molar-refractivity contribution in [3.05, 3.63) is 34.1 Å².